The van der Waals surface area contributed by atoms with Crippen LogP contribution in [0.15, 0.2) is 58.5 Å². The third-order valence-corrected chi connectivity index (χ3v) is 6.88. The number of sulfone groups is 1. The number of hydrogen-bond donors (Lipinski definition) is 0. The van der Waals surface area contributed by atoms with E-state index in [0.717, 1.165) is 12.8 Å². The van der Waals surface area contributed by atoms with Crippen molar-refractivity contribution in [1.82, 2.24) is 4.90 Å². The van der Waals surface area contributed by atoms with E-state index in [1.165, 1.54) is 18.3 Å². The van der Waals surface area contributed by atoms with E-state index in [4.69, 9.17) is 11.6 Å². The molecule has 0 radical (unpaired) electrons. The van der Waals surface area contributed by atoms with Crippen LogP contribution in [0.3, 0.4) is 0 Å². The molecule has 0 aliphatic carbocycles. The molecule has 6 nitrogen and oxygen atoms in total. The highest BCUT2D eigenvalue weighted by atomic mass is 35.5. The van der Waals surface area contributed by atoms with Gasteiger partial charge >= 0.3 is 0 Å². The summed E-state index contributed by atoms with van der Waals surface area (Å²) in [6, 6.07) is 13.3. The molecule has 2 aliphatic rings. The molecule has 0 bridgehead atoms. The Bertz CT molecular complexity index is 1150. The Morgan fingerprint density at radius 1 is 1.11 bits per heavy atom. The van der Waals surface area contributed by atoms with Crippen LogP contribution in [0.4, 0.5) is 11.4 Å². The van der Waals surface area contributed by atoms with E-state index in [2.05, 4.69) is 6.07 Å². The average Bonchev–Trinajstić information content (AvgIpc) is 3.22. The molecule has 2 aliphatic heterocycles. The van der Waals surface area contributed by atoms with Gasteiger partial charge in [-0.3, -0.25) is 4.79 Å². The van der Waals surface area contributed by atoms with Crippen molar-refractivity contribution in [2.75, 3.05) is 18.0 Å². The second-order valence-electron chi connectivity index (χ2n) is 6.64. The Labute approximate surface area is 168 Å². The van der Waals surface area contributed by atoms with Gasteiger partial charge in [0.15, 0.2) is 4.91 Å². The Morgan fingerprint density at radius 2 is 1.86 bits per heavy atom. The topological polar surface area (TPSA) is 81.5 Å². The van der Waals surface area contributed by atoms with Crippen molar-refractivity contribution in [3.05, 3.63) is 64.2 Å². The molecule has 0 spiro atoms. The van der Waals surface area contributed by atoms with Crippen molar-refractivity contribution in [3.63, 3.8) is 0 Å². The van der Waals surface area contributed by atoms with Crippen LogP contribution in [0.1, 0.15) is 18.4 Å². The Hall–Kier alpha value is -2.82. The van der Waals surface area contributed by atoms with Crippen LogP contribution >= 0.6 is 11.6 Å². The molecule has 0 unspecified atom stereocenters. The number of benzene rings is 2. The zero-order valence-electron chi connectivity index (χ0n) is 14.8. The SMILES string of the molecule is N#Cc1cccc(N2C=C(C(=O)N3CCCC3)S(=O)(=O)c3ccc(Cl)cc32)c1. The van der Waals surface area contributed by atoms with Crippen LogP contribution in [0.2, 0.25) is 5.02 Å². The lowest BCUT2D eigenvalue weighted by Gasteiger charge is -2.30. The van der Waals surface area contributed by atoms with Crippen molar-refractivity contribution >= 4 is 38.7 Å². The van der Waals surface area contributed by atoms with Crippen LogP contribution in [0.25, 0.3) is 0 Å². The predicted octanol–water partition coefficient (Wildman–Crippen LogP) is 3.60. The summed E-state index contributed by atoms with van der Waals surface area (Å²) in [7, 11) is -3.99. The third kappa shape index (κ3) is 3.05. The third-order valence-electron chi connectivity index (χ3n) is 4.86. The highest BCUT2D eigenvalue weighted by Gasteiger charge is 2.38. The molecule has 0 N–H and O–H groups in total. The van der Waals surface area contributed by atoms with Gasteiger partial charge in [-0.25, -0.2) is 8.42 Å². The molecule has 1 fully saturated rings. The number of amides is 1. The maximum Gasteiger partial charge on any atom is 0.267 e. The summed E-state index contributed by atoms with van der Waals surface area (Å²) in [5.41, 5.74) is 1.35. The molecule has 0 saturated carbocycles. The van der Waals surface area contributed by atoms with Crippen molar-refractivity contribution in [1.29, 1.82) is 5.26 Å². The Morgan fingerprint density at radius 3 is 2.57 bits per heavy atom. The molecular formula is C20H16ClN3O3S. The number of hydrogen-bond acceptors (Lipinski definition) is 5. The van der Waals surface area contributed by atoms with E-state index in [-0.39, 0.29) is 9.80 Å². The number of anilines is 2. The molecule has 1 saturated heterocycles. The predicted molar refractivity (Wildman–Crippen MR) is 106 cm³/mol. The zero-order chi connectivity index (χ0) is 19.9. The Kier molecular flexibility index (Phi) is 4.61. The molecule has 28 heavy (non-hydrogen) atoms. The van der Waals surface area contributed by atoms with Gasteiger partial charge in [-0.05, 0) is 49.2 Å². The minimum Gasteiger partial charge on any atom is -0.338 e. The molecule has 0 aromatic heterocycles. The van der Waals surface area contributed by atoms with Crippen molar-refractivity contribution in [3.8, 4) is 6.07 Å². The summed E-state index contributed by atoms with van der Waals surface area (Å²) >= 11 is 6.11. The fourth-order valence-corrected chi connectivity index (χ4v) is 5.15. The first-order valence-corrected chi connectivity index (χ1v) is 10.6. The molecule has 0 atom stereocenters. The van der Waals surface area contributed by atoms with Gasteiger partial charge in [0.2, 0.25) is 9.84 Å². The number of rotatable bonds is 2. The van der Waals surface area contributed by atoms with Gasteiger partial charge < -0.3 is 9.80 Å². The molecular weight excluding hydrogens is 398 g/mol. The van der Waals surface area contributed by atoms with E-state index >= 15 is 0 Å². The van der Waals surface area contributed by atoms with Gasteiger partial charge in [-0.1, -0.05) is 17.7 Å². The van der Waals surface area contributed by atoms with Crippen molar-refractivity contribution in [2.24, 2.45) is 0 Å². The number of nitrogens with zero attached hydrogens (tertiary/aromatic N) is 3. The standard InChI is InChI=1S/C20H16ClN3O3S/c21-15-6-7-18-17(11-15)24(16-5-3-4-14(10-16)12-22)13-19(28(18,26)27)20(25)23-8-1-2-9-23/h3-7,10-11,13H,1-2,8-9H2. The molecule has 142 valence electrons. The second kappa shape index (κ2) is 6.97. The summed E-state index contributed by atoms with van der Waals surface area (Å²) < 4.78 is 26.4. The lowest BCUT2D eigenvalue weighted by atomic mass is 10.2. The Balaban J connectivity index is 1.92. The number of fused-ring (bicyclic) bond motifs is 1. The molecule has 1 amide bonds. The maximum absolute atomic E-state index is 13.2. The van der Waals surface area contributed by atoms with Gasteiger partial charge in [0, 0.05) is 30.0 Å². The van der Waals surface area contributed by atoms with Gasteiger partial charge in [-0.2, -0.15) is 5.26 Å². The fraction of sp³-hybridized carbons (Fsp3) is 0.200. The second-order valence-corrected chi connectivity index (χ2v) is 8.96. The summed E-state index contributed by atoms with van der Waals surface area (Å²) in [5, 5.41) is 9.58. The van der Waals surface area contributed by atoms with Crippen LogP contribution in [-0.2, 0) is 14.6 Å². The van der Waals surface area contributed by atoms with Gasteiger partial charge in [0.1, 0.15) is 0 Å². The smallest absolute Gasteiger partial charge is 0.267 e. The quantitative estimate of drug-likeness (QED) is 0.751. The van der Waals surface area contributed by atoms with Crippen LogP contribution in [0.5, 0.6) is 0 Å². The first-order valence-electron chi connectivity index (χ1n) is 8.77. The molecule has 8 heteroatoms. The van der Waals surface area contributed by atoms with Gasteiger partial charge in [0.05, 0.1) is 22.2 Å². The normalized spacial score (nSPS) is 17.6. The van der Waals surface area contributed by atoms with E-state index in [9.17, 15) is 18.5 Å². The molecule has 2 aromatic carbocycles. The first-order chi connectivity index (χ1) is 13.4. The summed E-state index contributed by atoms with van der Waals surface area (Å²) in [4.78, 5) is 15.9. The zero-order valence-corrected chi connectivity index (χ0v) is 16.4. The number of carbonyl (C=O) groups excluding carboxylic acids is 1. The van der Waals surface area contributed by atoms with Gasteiger partial charge in [-0.15, -0.1) is 0 Å². The maximum atomic E-state index is 13.2. The number of halogens is 1. The minimum atomic E-state index is -3.99. The number of nitriles is 1. The van der Waals surface area contributed by atoms with E-state index < -0.39 is 15.7 Å². The lowest BCUT2D eigenvalue weighted by Crippen LogP contribution is -2.35. The monoisotopic (exact) mass is 413 g/mol. The highest BCUT2D eigenvalue weighted by molar-refractivity contribution is 7.96. The summed E-state index contributed by atoms with van der Waals surface area (Å²) in [5.74, 6) is -0.500. The molecule has 4 rings (SSSR count). The molecule has 2 heterocycles. The average molecular weight is 414 g/mol. The lowest BCUT2D eigenvalue weighted by molar-refractivity contribution is -0.125. The summed E-state index contributed by atoms with van der Waals surface area (Å²) in [6.45, 7) is 1.09. The first kappa shape index (κ1) is 18.5. The summed E-state index contributed by atoms with van der Waals surface area (Å²) in [6.07, 6.45) is 3.06. The van der Waals surface area contributed by atoms with E-state index in [0.29, 0.717) is 35.1 Å². The minimum absolute atomic E-state index is 0.0179. The van der Waals surface area contributed by atoms with Crippen LogP contribution in [-0.4, -0.2) is 32.3 Å². The van der Waals surface area contributed by atoms with E-state index in [1.807, 2.05) is 0 Å². The van der Waals surface area contributed by atoms with E-state index in [1.54, 1.807) is 40.1 Å². The van der Waals surface area contributed by atoms with Crippen LogP contribution < -0.4 is 4.90 Å². The number of likely N-dealkylation sites (tertiary alicyclic amines) is 1. The largest absolute Gasteiger partial charge is 0.338 e. The fourth-order valence-electron chi connectivity index (χ4n) is 3.47. The van der Waals surface area contributed by atoms with Crippen molar-refractivity contribution < 1.29 is 13.2 Å². The molecule has 2 aromatic rings. The van der Waals surface area contributed by atoms with Crippen molar-refractivity contribution in [2.45, 2.75) is 17.7 Å². The number of carbonyl (C=O) groups is 1. The highest BCUT2D eigenvalue weighted by Crippen LogP contribution is 2.41. The van der Waals surface area contributed by atoms with Crippen LogP contribution in [0, 0.1) is 11.3 Å². The van der Waals surface area contributed by atoms with Gasteiger partial charge in [0.25, 0.3) is 5.91 Å².